The van der Waals surface area contributed by atoms with Gasteiger partial charge in [0.05, 0.1) is 0 Å². The lowest BCUT2D eigenvalue weighted by molar-refractivity contribution is -0.127. The van der Waals surface area contributed by atoms with Crippen molar-refractivity contribution in [3.8, 4) is 6.07 Å². The fourth-order valence-corrected chi connectivity index (χ4v) is 3.18. The Kier molecular flexibility index (Phi) is 6.65. The zero-order chi connectivity index (χ0) is 21.5. The van der Waals surface area contributed by atoms with Crippen molar-refractivity contribution >= 4 is 28.9 Å². The normalized spacial score (nSPS) is 14.1. The molecule has 3 rings (SSSR count). The number of carbonyl (C=O) groups excluding carboxylic acids is 2. The van der Waals surface area contributed by atoms with Crippen LogP contribution in [0, 0.1) is 17.1 Å². The predicted molar refractivity (Wildman–Crippen MR) is 113 cm³/mol. The number of anilines is 3. The lowest BCUT2D eigenvalue weighted by atomic mass is 10.2. The third-order valence-corrected chi connectivity index (χ3v) is 4.68. The van der Waals surface area contributed by atoms with E-state index in [1.807, 2.05) is 6.07 Å². The van der Waals surface area contributed by atoms with E-state index in [0.717, 1.165) is 5.69 Å². The smallest absolute Gasteiger partial charge is 0.266 e. The third-order valence-electron chi connectivity index (χ3n) is 4.68. The molecule has 0 spiro atoms. The number of nitrogens with zero attached hydrogens (tertiary/aromatic N) is 3. The lowest BCUT2D eigenvalue weighted by Crippen LogP contribution is -2.49. The van der Waals surface area contributed by atoms with Gasteiger partial charge in [0.1, 0.15) is 17.5 Å². The molecule has 30 heavy (non-hydrogen) atoms. The molecule has 0 saturated carbocycles. The van der Waals surface area contributed by atoms with Crippen molar-refractivity contribution in [2.75, 3.05) is 41.7 Å². The van der Waals surface area contributed by atoms with Gasteiger partial charge in [-0.15, -0.1) is 0 Å². The largest absolute Gasteiger partial charge is 0.368 e. The summed E-state index contributed by atoms with van der Waals surface area (Å²) in [4.78, 5) is 27.6. The first-order chi connectivity index (χ1) is 14.5. The molecule has 0 bridgehead atoms. The second kappa shape index (κ2) is 9.56. The van der Waals surface area contributed by atoms with Crippen molar-refractivity contribution in [2.45, 2.75) is 6.92 Å². The standard InChI is InChI=1S/C22H22FN5O2/c1-16(29)26-20-4-2-3-19(13-20)25-15-17(14-24)22(30)28-11-9-27(10-12-28)21-7-5-18(23)6-8-21/h2-8,13,15,25H,9-12H2,1H3,(H,26,29)/b17-15-. The van der Waals surface area contributed by atoms with Crippen LogP contribution in [-0.2, 0) is 9.59 Å². The maximum absolute atomic E-state index is 13.1. The van der Waals surface area contributed by atoms with Gasteiger partial charge in [0.25, 0.3) is 5.91 Å². The minimum Gasteiger partial charge on any atom is -0.368 e. The van der Waals surface area contributed by atoms with E-state index < -0.39 is 0 Å². The molecule has 0 aliphatic carbocycles. The van der Waals surface area contributed by atoms with Crippen LogP contribution in [-0.4, -0.2) is 42.9 Å². The molecule has 0 atom stereocenters. The van der Waals surface area contributed by atoms with Gasteiger partial charge < -0.3 is 20.4 Å². The number of benzene rings is 2. The molecule has 0 radical (unpaired) electrons. The summed E-state index contributed by atoms with van der Waals surface area (Å²) in [5.41, 5.74) is 2.15. The number of hydrogen-bond donors (Lipinski definition) is 2. The molecule has 0 unspecified atom stereocenters. The second-order valence-electron chi connectivity index (χ2n) is 6.83. The number of carbonyl (C=O) groups is 2. The molecule has 1 aliphatic rings. The summed E-state index contributed by atoms with van der Waals surface area (Å²) in [7, 11) is 0. The summed E-state index contributed by atoms with van der Waals surface area (Å²) in [6, 6.07) is 15.2. The topological polar surface area (TPSA) is 88.5 Å². The van der Waals surface area contributed by atoms with Gasteiger partial charge in [0.15, 0.2) is 0 Å². The Morgan fingerprint density at radius 3 is 2.37 bits per heavy atom. The monoisotopic (exact) mass is 407 g/mol. The van der Waals surface area contributed by atoms with E-state index in [1.165, 1.54) is 25.3 Å². The van der Waals surface area contributed by atoms with Gasteiger partial charge in [0, 0.05) is 56.4 Å². The summed E-state index contributed by atoms with van der Waals surface area (Å²) in [5.74, 6) is -0.816. The third kappa shape index (κ3) is 5.35. The van der Waals surface area contributed by atoms with E-state index >= 15 is 0 Å². The van der Waals surface area contributed by atoms with Crippen LogP contribution >= 0.6 is 0 Å². The van der Waals surface area contributed by atoms with E-state index in [0.29, 0.717) is 37.6 Å². The number of amides is 2. The minimum absolute atomic E-state index is 0.00448. The second-order valence-corrected chi connectivity index (χ2v) is 6.83. The number of nitriles is 1. The number of nitrogens with one attached hydrogen (secondary N) is 2. The zero-order valence-corrected chi connectivity index (χ0v) is 16.6. The number of rotatable bonds is 5. The van der Waals surface area contributed by atoms with Crippen LogP contribution in [0.3, 0.4) is 0 Å². The predicted octanol–water partition coefficient (Wildman–Crippen LogP) is 2.95. The number of halogens is 1. The van der Waals surface area contributed by atoms with Crippen LogP contribution < -0.4 is 15.5 Å². The van der Waals surface area contributed by atoms with Crippen molar-refractivity contribution in [1.29, 1.82) is 5.26 Å². The van der Waals surface area contributed by atoms with Crippen molar-refractivity contribution in [2.24, 2.45) is 0 Å². The molecule has 0 aromatic heterocycles. The summed E-state index contributed by atoms with van der Waals surface area (Å²) in [6.45, 7) is 3.55. The maximum atomic E-state index is 13.1. The first-order valence-corrected chi connectivity index (χ1v) is 9.50. The molecule has 1 heterocycles. The van der Waals surface area contributed by atoms with Crippen LogP contribution in [0.15, 0.2) is 60.3 Å². The lowest BCUT2D eigenvalue weighted by Gasteiger charge is -2.36. The minimum atomic E-state index is -0.346. The molecule has 1 fully saturated rings. The Morgan fingerprint density at radius 1 is 1.07 bits per heavy atom. The highest BCUT2D eigenvalue weighted by atomic mass is 19.1. The molecule has 7 nitrogen and oxygen atoms in total. The van der Waals surface area contributed by atoms with E-state index in [-0.39, 0.29) is 23.2 Å². The fraction of sp³-hybridized carbons (Fsp3) is 0.227. The van der Waals surface area contributed by atoms with Crippen molar-refractivity contribution < 1.29 is 14.0 Å². The molecule has 1 aliphatic heterocycles. The highest BCUT2D eigenvalue weighted by Crippen LogP contribution is 2.18. The first kappa shape index (κ1) is 20.9. The summed E-state index contributed by atoms with van der Waals surface area (Å²) in [6.07, 6.45) is 1.38. The maximum Gasteiger partial charge on any atom is 0.266 e. The quantitative estimate of drug-likeness (QED) is 0.588. The van der Waals surface area contributed by atoms with Gasteiger partial charge in [0.2, 0.25) is 5.91 Å². The number of piperazine rings is 1. The summed E-state index contributed by atoms with van der Waals surface area (Å²) < 4.78 is 13.1. The SMILES string of the molecule is CC(=O)Nc1cccc(N/C=C(/C#N)C(=O)N2CCN(c3ccc(F)cc3)CC2)c1. The van der Waals surface area contributed by atoms with E-state index in [9.17, 15) is 19.2 Å². The molecule has 154 valence electrons. The van der Waals surface area contributed by atoms with Gasteiger partial charge in [-0.25, -0.2) is 4.39 Å². The van der Waals surface area contributed by atoms with Crippen LogP contribution in [0.25, 0.3) is 0 Å². The number of hydrogen-bond acceptors (Lipinski definition) is 5. The first-order valence-electron chi connectivity index (χ1n) is 9.50. The van der Waals surface area contributed by atoms with Gasteiger partial charge in [-0.2, -0.15) is 5.26 Å². The Labute approximate surface area is 174 Å². The Balaban J connectivity index is 1.60. The summed E-state index contributed by atoms with van der Waals surface area (Å²) in [5, 5.41) is 15.0. The van der Waals surface area contributed by atoms with Crippen molar-refractivity contribution in [3.63, 3.8) is 0 Å². The van der Waals surface area contributed by atoms with Gasteiger partial charge in [-0.1, -0.05) is 6.07 Å². The Hall–Kier alpha value is -3.86. The Morgan fingerprint density at radius 2 is 1.73 bits per heavy atom. The highest BCUT2D eigenvalue weighted by molar-refractivity contribution is 5.97. The van der Waals surface area contributed by atoms with E-state index in [1.54, 1.807) is 41.3 Å². The summed E-state index contributed by atoms with van der Waals surface area (Å²) >= 11 is 0. The van der Waals surface area contributed by atoms with Gasteiger partial charge in [-0.3, -0.25) is 9.59 Å². The molecule has 1 saturated heterocycles. The van der Waals surface area contributed by atoms with E-state index in [4.69, 9.17) is 0 Å². The van der Waals surface area contributed by atoms with Gasteiger partial charge >= 0.3 is 0 Å². The van der Waals surface area contributed by atoms with Crippen LogP contribution in [0.4, 0.5) is 21.5 Å². The molecule has 2 N–H and O–H groups in total. The molecule has 2 aromatic carbocycles. The van der Waals surface area contributed by atoms with Crippen LogP contribution in [0.5, 0.6) is 0 Å². The van der Waals surface area contributed by atoms with Crippen LogP contribution in [0.1, 0.15) is 6.92 Å². The molecule has 8 heteroatoms. The highest BCUT2D eigenvalue weighted by Gasteiger charge is 2.23. The Bertz CT molecular complexity index is 989. The molecule has 2 amide bonds. The fourth-order valence-electron chi connectivity index (χ4n) is 3.18. The average Bonchev–Trinajstić information content (AvgIpc) is 2.74. The zero-order valence-electron chi connectivity index (χ0n) is 16.6. The van der Waals surface area contributed by atoms with E-state index in [2.05, 4.69) is 15.5 Å². The van der Waals surface area contributed by atoms with Crippen molar-refractivity contribution in [3.05, 3.63) is 66.1 Å². The van der Waals surface area contributed by atoms with Crippen molar-refractivity contribution in [1.82, 2.24) is 4.90 Å². The molecular weight excluding hydrogens is 385 g/mol. The average molecular weight is 407 g/mol. The van der Waals surface area contributed by atoms with Crippen LogP contribution in [0.2, 0.25) is 0 Å². The molecular formula is C22H22FN5O2. The van der Waals surface area contributed by atoms with Gasteiger partial charge in [-0.05, 0) is 42.5 Å². The molecule has 2 aromatic rings.